The van der Waals surface area contributed by atoms with Gasteiger partial charge in [0.1, 0.15) is 4.99 Å². The van der Waals surface area contributed by atoms with E-state index in [1.54, 1.807) is 12.1 Å². The number of carbonyl (C=O) groups is 1. The lowest BCUT2D eigenvalue weighted by atomic mass is 10.2. The number of phenolic OH excluding ortho intramolecular Hbond substituents is 2. The van der Waals surface area contributed by atoms with Gasteiger partial charge in [-0.1, -0.05) is 18.3 Å². The van der Waals surface area contributed by atoms with Crippen molar-refractivity contribution in [2.75, 3.05) is 0 Å². The van der Waals surface area contributed by atoms with Crippen molar-refractivity contribution in [1.29, 1.82) is 0 Å². The summed E-state index contributed by atoms with van der Waals surface area (Å²) < 4.78 is 0. The summed E-state index contributed by atoms with van der Waals surface area (Å²) in [5.74, 6) is -0.388. The number of thioether (sulfide) groups is 1. The van der Waals surface area contributed by atoms with E-state index < -0.39 is 0 Å². The van der Waals surface area contributed by atoms with Gasteiger partial charge < -0.3 is 15.5 Å². The third-order valence-corrected chi connectivity index (χ3v) is 3.22. The minimum absolute atomic E-state index is 0.182. The average Bonchev–Trinajstić information content (AvgIpc) is 2.51. The van der Waals surface area contributed by atoms with Gasteiger partial charge in [0, 0.05) is 0 Å². The van der Waals surface area contributed by atoms with Crippen LogP contribution in [0.15, 0.2) is 23.1 Å². The van der Waals surface area contributed by atoms with Gasteiger partial charge in [-0.25, -0.2) is 0 Å². The van der Waals surface area contributed by atoms with Crippen molar-refractivity contribution < 1.29 is 15.0 Å². The predicted molar refractivity (Wildman–Crippen MR) is 66.5 cm³/mol. The van der Waals surface area contributed by atoms with E-state index in [4.69, 9.17) is 17.3 Å². The number of carbonyl (C=O) groups excluding carboxylic acids is 1. The largest absolute Gasteiger partial charge is 0.504 e. The fraction of sp³-hybridized carbons (Fsp3) is 0. The minimum atomic E-state index is -0.209. The van der Waals surface area contributed by atoms with Crippen molar-refractivity contribution in [3.63, 3.8) is 0 Å². The first-order valence-electron chi connectivity index (χ1n) is 4.33. The van der Waals surface area contributed by atoms with Crippen LogP contribution in [0.3, 0.4) is 0 Å². The van der Waals surface area contributed by atoms with Crippen LogP contribution in [0.25, 0.3) is 6.08 Å². The third kappa shape index (κ3) is 2.17. The molecule has 0 aromatic heterocycles. The summed E-state index contributed by atoms with van der Waals surface area (Å²) in [5, 5.41) is 20.7. The van der Waals surface area contributed by atoms with Gasteiger partial charge in [0.2, 0.25) is 0 Å². The average molecular weight is 253 g/mol. The zero-order valence-corrected chi connectivity index (χ0v) is 9.56. The molecule has 1 aromatic carbocycles. The number of rotatable bonds is 1. The number of benzene rings is 1. The molecule has 2 rings (SSSR count). The van der Waals surface area contributed by atoms with E-state index in [1.165, 1.54) is 12.1 Å². The van der Waals surface area contributed by atoms with Crippen molar-refractivity contribution in [3.05, 3.63) is 28.7 Å². The molecule has 1 amide bonds. The Morgan fingerprint density at radius 1 is 1.31 bits per heavy atom. The molecule has 1 aromatic rings. The molecule has 1 heterocycles. The Kier molecular flexibility index (Phi) is 2.84. The van der Waals surface area contributed by atoms with Crippen molar-refractivity contribution in [1.82, 2.24) is 5.32 Å². The summed E-state index contributed by atoms with van der Waals surface area (Å²) in [5.41, 5.74) is 0.664. The molecule has 0 spiro atoms. The van der Waals surface area contributed by atoms with E-state index in [9.17, 15) is 9.90 Å². The van der Waals surface area contributed by atoms with Gasteiger partial charge in [0.05, 0.1) is 4.91 Å². The molecule has 1 aliphatic heterocycles. The Hall–Kier alpha value is -1.53. The molecule has 0 radical (unpaired) electrons. The van der Waals surface area contributed by atoms with Gasteiger partial charge in [-0.3, -0.25) is 4.79 Å². The van der Waals surface area contributed by atoms with Crippen LogP contribution in [0.1, 0.15) is 5.56 Å². The highest BCUT2D eigenvalue weighted by Gasteiger charge is 2.21. The van der Waals surface area contributed by atoms with Crippen LogP contribution in [0, 0.1) is 0 Å². The van der Waals surface area contributed by atoms with E-state index >= 15 is 0 Å². The van der Waals surface area contributed by atoms with Gasteiger partial charge in [-0.15, -0.1) is 0 Å². The van der Waals surface area contributed by atoms with Crippen LogP contribution in [0.2, 0.25) is 0 Å². The van der Waals surface area contributed by atoms with E-state index in [0.29, 0.717) is 15.5 Å². The number of hydrogen-bond acceptors (Lipinski definition) is 5. The molecular weight excluding hydrogens is 246 g/mol. The number of thiocarbonyl (C=S) groups is 1. The first-order chi connectivity index (χ1) is 7.56. The summed E-state index contributed by atoms with van der Waals surface area (Å²) >= 11 is 5.95. The topological polar surface area (TPSA) is 69.6 Å². The monoisotopic (exact) mass is 253 g/mol. The quantitative estimate of drug-likeness (QED) is 0.407. The highest BCUT2D eigenvalue weighted by atomic mass is 32.2. The molecule has 0 saturated carbocycles. The predicted octanol–water partition coefficient (Wildman–Crippen LogP) is 2.22. The lowest BCUT2D eigenvalue weighted by Crippen LogP contribution is -2.15. The number of nitrogens with one attached hydrogen (secondary N) is 1. The molecule has 16 heavy (non-hydrogen) atoms. The molecule has 1 fully saturated rings. The summed E-state index contributed by atoms with van der Waals surface area (Å²) in [4.78, 5) is 12.0. The lowest BCUT2D eigenvalue weighted by Gasteiger charge is -1.99. The third-order valence-electron chi connectivity index (χ3n) is 1.94. The van der Waals surface area contributed by atoms with E-state index in [0.717, 1.165) is 11.8 Å². The Labute approximate surface area is 101 Å². The molecule has 6 heteroatoms. The molecule has 0 aliphatic carbocycles. The Morgan fingerprint density at radius 3 is 2.62 bits per heavy atom. The molecule has 0 bridgehead atoms. The summed E-state index contributed by atoms with van der Waals surface area (Å²) in [6.45, 7) is 0. The van der Waals surface area contributed by atoms with Crippen LogP contribution in [-0.4, -0.2) is 20.4 Å². The maximum Gasteiger partial charge on any atom is 0.289 e. The van der Waals surface area contributed by atoms with Crippen LogP contribution >= 0.6 is 24.0 Å². The normalized spacial score (nSPS) is 17.9. The second-order valence-corrected chi connectivity index (χ2v) is 4.52. The highest BCUT2D eigenvalue weighted by Crippen LogP contribution is 2.30. The first-order valence-corrected chi connectivity index (χ1v) is 5.55. The Bertz CT molecular complexity index is 511. The van der Waals surface area contributed by atoms with E-state index in [1.807, 2.05) is 0 Å². The summed E-state index contributed by atoms with van der Waals surface area (Å²) in [6.07, 6.45) is 1.67. The fourth-order valence-electron chi connectivity index (χ4n) is 1.20. The second kappa shape index (κ2) is 4.15. The van der Waals surface area contributed by atoms with Gasteiger partial charge in [0.15, 0.2) is 11.5 Å². The smallest absolute Gasteiger partial charge is 0.289 e. The number of hydrogen-bond donors (Lipinski definition) is 3. The van der Waals surface area contributed by atoms with Crippen molar-refractivity contribution in [2.24, 2.45) is 0 Å². The first kappa shape index (κ1) is 11.0. The molecule has 0 unspecified atom stereocenters. The molecule has 82 valence electrons. The van der Waals surface area contributed by atoms with Gasteiger partial charge in [-0.05, 0) is 35.5 Å². The maximum absolute atomic E-state index is 11.0. The maximum atomic E-state index is 11.0. The number of aromatic hydroxyl groups is 2. The minimum Gasteiger partial charge on any atom is -0.504 e. The van der Waals surface area contributed by atoms with Crippen LogP contribution < -0.4 is 5.32 Å². The zero-order chi connectivity index (χ0) is 11.7. The molecule has 4 nitrogen and oxygen atoms in total. The standard InChI is InChI=1S/C10H7NO3S2/c12-6-2-1-5(3-7(6)13)4-8-9(15)11-10(14)16-8/h1-4,12-13H,(H,11,14,15)/b8-4-. The van der Waals surface area contributed by atoms with Crippen LogP contribution in [-0.2, 0) is 0 Å². The van der Waals surface area contributed by atoms with Crippen LogP contribution in [0.4, 0.5) is 4.79 Å². The van der Waals surface area contributed by atoms with Gasteiger partial charge in [-0.2, -0.15) is 0 Å². The number of amides is 1. The molecular formula is C10H7NO3S2. The van der Waals surface area contributed by atoms with Crippen molar-refractivity contribution in [2.45, 2.75) is 0 Å². The lowest BCUT2D eigenvalue weighted by molar-refractivity contribution is 0.265. The van der Waals surface area contributed by atoms with E-state index in [-0.39, 0.29) is 16.7 Å². The highest BCUT2D eigenvalue weighted by molar-refractivity contribution is 8.19. The second-order valence-electron chi connectivity index (χ2n) is 3.10. The number of phenols is 2. The summed E-state index contributed by atoms with van der Waals surface area (Å²) in [7, 11) is 0. The van der Waals surface area contributed by atoms with Gasteiger partial charge >= 0.3 is 0 Å². The van der Waals surface area contributed by atoms with Gasteiger partial charge in [0.25, 0.3) is 5.24 Å². The molecule has 0 atom stereocenters. The molecule has 1 saturated heterocycles. The SMILES string of the molecule is O=C1NC(=S)/C(=C/c2ccc(O)c(O)c2)S1. The Morgan fingerprint density at radius 2 is 2.06 bits per heavy atom. The Balaban J connectivity index is 2.32. The van der Waals surface area contributed by atoms with Crippen LogP contribution in [0.5, 0.6) is 11.5 Å². The molecule has 3 N–H and O–H groups in total. The molecule has 1 aliphatic rings. The fourth-order valence-corrected chi connectivity index (χ4v) is 2.24. The van der Waals surface area contributed by atoms with Crippen molar-refractivity contribution in [3.8, 4) is 11.5 Å². The van der Waals surface area contributed by atoms with Crippen molar-refractivity contribution >= 4 is 40.3 Å². The summed E-state index contributed by atoms with van der Waals surface area (Å²) in [6, 6.07) is 4.39. The zero-order valence-electron chi connectivity index (χ0n) is 7.93. The van der Waals surface area contributed by atoms with E-state index in [2.05, 4.69) is 5.32 Å².